The monoisotopic (exact) mass is 320 g/mol. The summed E-state index contributed by atoms with van der Waals surface area (Å²) >= 11 is 0. The van der Waals surface area contributed by atoms with Crippen LogP contribution in [0.25, 0.3) is 11.0 Å². The zero-order valence-electron chi connectivity index (χ0n) is 13.4. The minimum Gasteiger partial charge on any atom is -0.366 e. The van der Waals surface area contributed by atoms with Crippen LogP contribution >= 0.6 is 0 Å². The van der Waals surface area contributed by atoms with Gasteiger partial charge in [-0.15, -0.1) is 0 Å². The van der Waals surface area contributed by atoms with Crippen LogP contribution in [0.1, 0.15) is 39.8 Å². The van der Waals surface area contributed by atoms with Crippen LogP contribution in [0.3, 0.4) is 0 Å². The molecular weight excluding hydrogens is 300 g/mol. The van der Waals surface area contributed by atoms with Crippen LogP contribution in [0.15, 0.2) is 42.5 Å². The largest absolute Gasteiger partial charge is 0.366 e. The number of para-hydroxylation sites is 1. The van der Waals surface area contributed by atoms with Crippen LogP contribution in [-0.2, 0) is 12.8 Å². The summed E-state index contributed by atoms with van der Waals surface area (Å²) < 4.78 is 0. The van der Waals surface area contributed by atoms with E-state index in [0.717, 1.165) is 37.1 Å². The van der Waals surface area contributed by atoms with Gasteiger partial charge in [-0.2, -0.15) is 0 Å². The fourth-order valence-electron chi connectivity index (χ4n) is 3.48. The quantitative estimate of drug-likeness (QED) is 0.678. The average molecular weight is 320 g/mol. The van der Waals surface area contributed by atoms with E-state index in [2.05, 4.69) is 39.6 Å². The molecule has 1 aromatic heterocycles. The lowest BCUT2D eigenvalue weighted by Crippen LogP contribution is -2.27. The Balaban J connectivity index is 1.65. The molecule has 1 atom stereocenters. The molecule has 0 bridgehead atoms. The van der Waals surface area contributed by atoms with Gasteiger partial charge in [0.05, 0.1) is 17.1 Å². The van der Waals surface area contributed by atoms with Crippen LogP contribution in [0, 0.1) is 0 Å². The fraction of sp³-hybridized carbons (Fsp3) is 0.263. The second-order valence-corrected chi connectivity index (χ2v) is 6.25. The lowest BCUT2D eigenvalue weighted by molar-refractivity contribution is 0.100. The Hall–Kier alpha value is -2.66. The number of nitrogens with one attached hydrogen (secondary N) is 2. The van der Waals surface area contributed by atoms with Crippen molar-refractivity contribution in [3.05, 3.63) is 65.0 Å². The summed E-state index contributed by atoms with van der Waals surface area (Å²) in [4.78, 5) is 19.6. The summed E-state index contributed by atoms with van der Waals surface area (Å²) in [5, 5.41) is 3.58. The molecule has 1 unspecified atom stereocenters. The number of hydrogen-bond donors (Lipinski definition) is 3. The molecule has 5 nitrogen and oxygen atoms in total. The molecule has 1 aliphatic rings. The zero-order valence-corrected chi connectivity index (χ0v) is 13.4. The van der Waals surface area contributed by atoms with Gasteiger partial charge in [0.25, 0.3) is 5.91 Å². The average Bonchev–Trinajstić information content (AvgIpc) is 2.99. The molecule has 0 radical (unpaired) electrons. The normalized spacial score (nSPS) is 17.9. The van der Waals surface area contributed by atoms with E-state index in [1.807, 2.05) is 12.1 Å². The number of amides is 1. The molecule has 24 heavy (non-hydrogen) atoms. The Kier molecular flexibility index (Phi) is 3.78. The number of benzene rings is 2. The predicted octanol–water partition coefficient (Wildman–Crippen LogP) is 2.48. The molecule has 2 aromatic carbocycles. The van der Waals surface area contributed by atoms with Crippen LogP contribution in [0.5, 0.6) is 0 Å². The van der Waals surface area contributed by atoms with E-state index >= 15 is 0 Å². The van der Waals surface area contributed by atoms with Gasteiger partial charge in [-0.3, -0.25) is 4.79 Å². The molecule has 0 fully saturated rings. The van der Waals surface area contributed by atoms with Gasteiger partial charge in [-0.1, -0.05) is 30.3 Å². The first-order chi connectivity index (χ1) is 11.7. The number of H-pyrrole nitrogens is 1. The van der Waals surface area contributed by atoms with Crippen molar-refractivity contribution in [2.45, 2.75) is 25.3 Å². The highest BCUT2D eigenvalue weighted by Crippen LogP contribution is 2.25. The highest BCUT2D eigenvalue weighted by atomic mass is 16.1. The van der Waals surface area contributed by atoms with Gasteiger partial charge in [0.2, 0.25) is 0 Å². The Morgan fingerprint density at radius 2 is 1.88 bits per heavy atom. The van der Waals surface area contributed by atoms with Crippen molar-refractivity contribution in [3.63, 3.8) is 0 Å². The van der Waals surface area contributed by atoms with E-state index in [1.54, 1.807) is 6.07 Å². The van der Waals surface area contributed by atoms with Gasteiger partial charge >= 0.3 is 0 Å². The second-order valence-electron chi connectivity index (χ2n) is 6.25. The number of nitrogens with two attached hydrogens (primary N) is 1. The first-order valence-electron chi connectivity index (χ1n) is 8.31. The number of rotatable bonds is 2. The molecule has 1 aliphatic heterocycles. The maximum atomic E-state index is 11.6. The van der Waals surface area contributed by atoms with E-state index in [1.165, 1.54) is 11.1 Å². The minimum absolute atomic E-state index is 0.145. The molecule has 4 N–H and O–H groups in total. The SMILES string of the molecule is NC(=O)c1cccc2[nH]c(C3CCc4ccccc4CCN3)nc12. The number of fused-ring (bicyclic) bond motifs is 2. The van der Waals surface area contributed by atoms with Crippen molar-refractivity contribution < 1.29 is 4.79 Å². The maximum Gasteiger partial charge on any atom is 0.250 e. The van der Waals surface area contributed by atoms with Gasteiger partial charge in [0, 0.05) is 0 Å². The van der Waals surface area contributed by atoms with Gasteiger partial charge in [0.1, 0.15) is 11.3 Å². The van der Waals surface area contributed by atoms with Crippen LogP contribution in [-0.4, -0.2) is 22.4 Å². The van der Waals surface area contributed by atoms with Crippen molar-refractivity contribution in [2.75, 3.05) is 6.54 Å². The Morgan fingerprint density at radius 1 is 1.08 bits per heavy atom. The number of hydrogen-bond acceptors (Lipinski definition) is 3. The molecule has 5 heteroatoms. The van der Waals surface area contributed by atoms with E-state index in [0.29, 0.717) is 11.1 Å². The van der Waals surface area contributed by atoms with Crippen molar-refractivity contribution in [1.82, 2.24) is 15.3 Å². The van der Waals surface area contributed by atoms with Gasteiger partial charge in [-0.25, -0.2) is 4.98 Å². The Morgan fingerprint density at radius 3 is 2.67 bits per heavy atom. The molecule has 0 saturated heterocycles. The summed E-state index contributed by atoms with van der Waals surface area (Å²) in [5.74, 6) is 0.427. The Bertz CT molecular complexity index is 899. The summed E-state index contributed by atoms with van der Waals surface area (Å²) in [6.45, 7) is 0.904. The van der Waals surface area contributed by atoms with Crippen LogP contribution in [0.4, 0.5) is 0 Å². The predicted molar refractivity (Wildman–Crippen MR) is 93.8 cm³/mol. The van der Waals surface area contributed by atoms with Crippen LogP contribution in [0.2, 0.25) is 0 Å². The lowest BCUT2D eigenvalue weighted by atomic mass is 9.96. The first-order valence-corrected chi connectivity index (χ1v) is 8.31. The third kappa shape index (κ3) is 2.67. The topological polar surface area (TPSA) is 83.8 Å². The number of nitrogens with zero attached hydrogens (tertiary/aromatic N) is 1. The second kappa shape index (κ2) is 6.09. The molecule has 1 amide bonds. The molecule has 0 spiro atoms. The zero-order chi connectivity index (χ0) is 16.5. The summed E-state index contributed by atoms with van der Waals surface area (Å²) in [6, 6.07) is 14.2. The fourth-order valence-corrected chi connectivity index (χ4v) is 3.48. The molecule has 122 valence electrons. The summed E-state index contributed by atoms with van der Waals surface area (Å²) in [5.41, 5.74) is 10.3. The lowest BCUT2D eigenvalue weighted by Gasteiger charge is -2.21. The summed E-state index contributed by atoms with van der Waals surface area (Å²) in [6.07, 6.45) is 2.98. The third-order valence-electron chi connectivity index (χ3n) is 4.73. The highest BCUT2D eigenvalue weighted by molar-refractivity contribution is 6.04. The number of carbonyl (C=O) groups excluding carboxylic acids is 1. The summed E-state index contributed by atoms with van der Waals surface area (Å²) in [7, 11) is 0. The van der Waals surface area contributed by atoms with Crippen molar-refractivity contribution in [3.8, 4) is 0 Å². The maximum absolute atomic E-state index is 11.6. The Labute approximate surface area is 140 Å². The van der Waals surface area contributed by atoms with Gasteiger partial charge in [0.15, 0.2) is 0 Å². The van der Waals surface area contributed by atoms with Crippen LogP contribution < -0.4 is 11.1 Å². The number of aromatic amines is 1. The minimum atomic E-state index is -0.446. The molecule has 3 aromatic rings. The molecule has 0 saturated carbocycles. The van der Waals surface area contributed by atoms with E-state index in [-0.39, 0.29) is 6.04 Å². The van der Waals surface area contributed by atoms with Gasteiger partial charge < -0.3 is 16.0 Å². The number of aromatic nitrogens is 2. The molecule has 2 heterocycles. The molecule has 4 rings (SSSR count). The standard InChI is InChI=1S/C19H20N4O/c20-18(24)14-6-3-7-15-17(14)23-19(22-15)16-9-8-12-4-1-2-5-13(12)10-11-21-16/h1-7,16,21H,8-11H2,(H2,20,24)(H,22,23). The van der Waals surface area contributed by atoms with Crippen molar-refractivity contribution in [1.29, 1.82) is 0 Å². The number of primary amides is 1. The number of imidazole rings is 1. The number of aryl methyl sites for hydroxylation is 1. The highest BCUT2D eigenvalue weighted by Gasteiger charge is 2.20. The smallest absolute Gasteiger partial charge is 0.250 e. The van der Waals surface area contributed by atoms with E-state index in [9.17, 15) is 4.79 Å². The van der Waals surface area contributed by atoms with E-state index in [4.69, 9.17) is 5.73 Å². The third-order valence-corrected chi connectivity index (χ3v) is 4.73. The van der Waals surface area contributed by atoms with Crippen molar-refractivity contribution in [2.24, 2.45) is 5.73 Å². The van der Waals surface area contributed by atoms with Gasteiger partial charge in [-0.05, 0) is 49.1 Å². The molecule has 0 aliphatic carbocycles. The van der Waals surface area contributed by atoms with E-state index < -0.39 is 5.91 Å². The first kappa shape index (κ1) is 14.9. The van der Waals surface area contributed by atoms with Crippen molar-refractivity contribution >= 4 is 16.9 Å². The molecular formula is C19H20N4O. The number of carbonyl (C=O) groups is 1.